The largest absolute Gasteiger partial charge is 0.339 e. The standard InChI is InChI=1S/C19H17Cl2N5O3/c1-9-22-16(28-24-9)7-17(27)26-8-11-4-12(26)6-13(11)19-23-18(25-29-19)10-2-3-14(20)15(21)5-10/h2-3,5,11-13H,4,6-8H2,1H3. The molecule has 2 bridgehead atoms. The predicted molar refractivity (Wildman–Crippen MR) is 103 cm³/mol. The number of likely N-dealkylation sites (tertiary alicyclic amines) is 1. The number of piperidine rings is 1. The van der Waals surface area contributed by atoms with Crippen molar-refractivity contribution >= 4 is 29.1 Å². The number of carbonyl (C=O) groups is 1. The van der Waals surface area contributed by atoms with Crippen LogP contribution in [-0.4, -0.2) is 43.7 Å². The zero-order valence-corrected chi connectivity index (χ0v) is 17.0. The third-order valence-electron chi connectivity index (χ3n) is 5.67. The lowest BCUT2D eigenvalue weighted by Gasteiger charge is -2.29. The van der Waals surface area contributed by atoms with Crippen LogP contribution >= 0.6 is 23.2 Å². The molecule has 3 aromatic rings. The lowest BCUT2D eigenvalue weighted by Crippen LogP contribution is -2.40. The van der Waals surface area contributed by atoms with Crippen LogP contribution in [0.4, 0.5) is 0 Å². The molecule has 2 aromatic heterocycles. The second-order valence-corrected chi connectivity index (χ2v) is 8.35. The van der Waals surface area contributed by atoms with E-state index in [1.807, 2.05) is 11.0 Å². The fourth-order valence-electron chi connectivity index (χ4n) is 4.34. The lowest BCUT2D eigenvalue weighted by atomic mass is 9.94. The van der Waals surface area contributed by atoms with Gasteiger partial charge in [-0.3, -0.25) is 4.79 Å². The van der Waals surface area contributed by atoms with Gasteiger partial charge in [-0.15, -0.1) is 0 Å². The fraction of sp³-hybridized carbons (Fsp3) is 0.421. The van der Waals surface area contributed by atoms with Crippen LogP contribution < -0.4 is 0 Å². The Labute approximate surface area is 176 Å². The summed E-state index contributed by atoms with van der Waals surface area (Å²) in [7, 11) is 0. The first-order valence-electron chi connectivity index (χ1n) is 9.35. The van der Waals surface area contributed by atoms with Gasteiger partial charge in [-0.25, -0.2) is 0 Å². The Morgan fingerprint density at radius 2 is 2.03 bits per heavy atom. The molecule has 1 aliphatic heterocycles. The van der Waals surface area contributed by atoms with Gasteiger partial charge in [0.1, 0.15) is 6.42 Å². The second kappa shape index (κ2) is 7.11. The van der Waals surface area contributed by atoms with Crippen LogP contribution in [0.2, 0.25) is 10.0 Å². The first-order chi connectivity index (χ1) is 14.0. The first-order valence-corrected chi connectivity index (χ1v) is 10.1. The van der Waals surface area contributed by atoms with E-state index < -0.39 is 0 Å². The highest BCUT2D eigenvalue weighted by atomic mass is 35.5. The molecule has 150 valence electrons. The van der Waals surface area contributed by atoms with Crippen molar-refractivity contribution in [2.75, 3.05) is 6.54 Å². The molecule has 0 N–H and O–H groups in total. The van der Waals surface area contributed by atoms with Gasteiger partial charge < -0.3 is 13.9 Å². The van der Waals surface area contributed by atoms with Crippen molar-refractivity contribution in [1.29, 1.82) is 0 Å². The monoisotopic (exact) mass is 433 g/mol. The Morgan fingerprint density at radius 3 is 2.72 bits per heavy atom. The molecule has 8 nitrogen and oxygen atoms in total. The summed E-state index contributed by atoms with van der Waals surface area (Å²) in [5.74, 6) is 2.45. The van der Waals surface area contributed by atoms with E-state index in [1.54, 1.807) is 19.1 Å². The molecule has 2 aliphatic rings. The SMILES string of the molecule is Cc1noc(CC(=O)N2CC3CC2CC3c2nc(-c3ccc(Cl)c(Cl)c3)no2)n1. The van der Waals surface area contributed by atoms with Gasteiger partial charge in [-0.2, -0.15) is 9.97 Å². The summed E-state index contributed by atoms with van der Waals surface area (Å²) in [5.41, 5.74) is 0.754. The average molecular weight is 434 g/mol. The normalized spacial score (nSPS) is 23.1. The van der Waals surface area contributed by atoms with Gasteiger partial charge in [0.2, 0.25) is 23.5 Å². The Bertz CT molecular complexity index is 1080. The van der Waals surface area contributed by atoms with E-state index in [1.165, 1.54) is 0 Å². The topological polar surface area (TPSA) is 98.2 Å². The summed E-state index contributed by atoms with van der Waals surface area (Å²) >= 11 is 12.1. The summed E-state index contributed by atoms with van der Waals surface area (Å²) < 4.78 is 10.6. The Hall–Kier alpha value is -2.45. The predicted octanol–water partition coefficient (Wildman–Crippen LogP) is 3.68. The number of amides is 1. The summed E-state index contributed by atoms with van der Waals surface area (Å²) in [6.45, 7) is 2.41. The second-order valence-electron chi connectivity index (χ2n) is 7.54. The van der Waals surface area contributed by atoms with Gasteiger partial charge in [-0.05, 0) is 43.9 Å². The van der Waals surface area contributed by atoms with Crippen molar-refractivity contribution in [2.24, 2.45) is 5.92 Å². The van der Waals surface area contributed by atoms with E-state index >= 15 is 0 Å². The summed E-state index contributed by atoms with van der Waals surface area (Å²) in [4.78, 5) is 23.2. The van der Waals surface area contributed by atoms with Crippen LogP contribution in [0.5, 0.6) is 0 Å². The van der Waals surface area contributed by atoms with Gasteiger partial charge in [0.25, 0.3) is 0 Å². The molecule has 3 heterocycles. The maximum atomic E-state index is 12.6. The summed E-state index contributed by atoms with van der Waals surface area (Å²) in [5, 5.41) is 8.76. The number of hydrogen-bond acceptors (Lipinski definition) is 7. The van der Waals surface area contributed by atoms with E-state index in [0.29, 0.717) is 45.9 Å². The van der Waals surface area contributed by atoms with Crippen LogP contribution in [0.25, 0.3) is 11.4 Å². The van der Waals surface area contributed by atoms with E-state index in [9.17, 15) is 4.79 Å². The molecule has 2 fully saturated rings. The summed E-state index contributed by atoms with van der Waals surface area (Å²) in [6.07, 6.45) is 1.88. The first kappa shape index (κ1) is 18.6. The maximum Gasteiger partial charge on any atom is 0.236 e. The molecule has 29 heavy (non-hydrogen) atoms. The molecule has 1 saturated carbocycles. The van der Waals surface area contributed by atoms with Crippen LogP contribution in [-0.2, 0) is 11.2 Å². The number of aryl methyl sites for hydroxylation is 1. The van der Waals surface area contributed by atoms with E-state index in [2.05, 4.69) is 20.3 Å². The molecular formula is C19H17Cl2N5O3. The van der Waals surface area contributed by atoms with Crippen LogP contribution in [0, 0.1) is 12.8 Å². The smallest absolute Gasteiger partial charge is 0.236 e. The minimum absolute atomic E-state index is 0.0154. The number of aromatic nitrogens is 4. The van der Waals surface area contributed by atoms with Gasteiger partial charge in [0.05, 0.1) is 10.0 Å². The van der Waals surface area contributed by atoms with Gasteiger partial charge in [0, 0.05) is 24.1 Å². The molecule has 0 radical (unpaired) electrons. The molecule has 10 heteroatoms. The van der Waals surface area contributed by atoms with E-state index in [-0.39, 0.29) is 24.3 Å². The van der Waals surface area contributed by atoms with Crippen LogP contribution in [0.3, 0.4) is 0 Å². The molecule has 5 rings (SSSR count). The molecule has 3 atom stereocenters. The minimum Gasteiger partial charge on any atom is -0.339 e. The quantitative estimate of drug-likeness (QED) is 0.618. The van der Waals surface area contributed by atoms with Crippen LogP contribution in [0.15, 0.2) is 27.2 Å². The van der Waals surface area contributed by atoms with Crippen molar-refractivity contribution in [1.82, 2.24) is 25.2 Å². The van der Waals surface area contributed by atoms with E-state index in [4.69, 9.17) is 32.2 Å². The molecule has 0 spiro atoms. The van der Waals surface area contributed by atoms with Gasteiger partial charge in [-0.1, -0.05) is 33.5 Å². The number of hydrogen-bond donors (Lipinski definition) is 0. The van der Waals surface area contributed by atoms with E-state index in [0.717, 1.165) is 18.4 Å². The third-order valence-corrected chi connectivity index (χ3v) is 6.41. The number of nitrogens with zero attached hydrogens (tertiary/aromatic N) is 5. The number of fused-ring (bicyclic) bond motifs is 2. The minimum atomic E-state index is 0.0154. The zero-order chi connectivity index (χ0) is 20.1. The molecule has 1 aliphatic carbocycles. The average Bonchev–Trinajstić information content (AvgIpc) is 3.47. The molecular weight excluding hydrogens is 417 g/mol. The Balaban J connectivity index is 1.27. The zero-order valence-electron chi connectivity index (χ0n) is 15.5. The summed E-state index contributed by atoms with van der Waals surface area (Å²) in [6, 6.07) is 5.41. The molecule has 1 saturated heterocycles. The highest BCUT2D eigenvalue weighted by Gasteiger charge is 2.49. The van der Waals surface area contributed by atoms with Crippen molar-refractivity contribution < 1.29 is 13.8 Å². The van der Waals surface area contributed by atoms with Gasteiger partial charge >= 0.3 is 0 Å². The van der Waals surface area contributed by atoms with Crippen LogP contribution in [0.1, 0.15) is 36.4 Å². The highest BCUT2D eigenvalue weighted by Crippen LogP contribution is 2.47. The Morgan fingerprint density at radius 1 is 1.17 bits per heavy atom. The highest BCUT2D eigenvalue weighted by molar-refractivity contribution is 6.42. The van der Waals surface area contributed by atoms with Gasteiger partial charge in [0.15, 0.2) is 5.82 Å². The number of halogens is 2. The fourth-order valence-corrected chi connectivity index (χ4v) is 4.64. The van der Waals surface area contributed by atoms with Crippen molar-refractivity contribution in [3.05, 3.63) is 45.9 Å². The lowest BCUT2D eigenvalue weighted by molar-refractivity contribution is -0.132. The molecule has 1 aromatic carbocycles. The van der Waals surface area contributed by atoms with Crippen molar-refractivity contribution in [2.45, 2.75) is 38.1 Å². The maximum absolute atomic E-state index is 12.6. The van der Waals surface area contributed by atoms with Crippen molar-refractivity contribution in [3.8, 4) is 11.4 Å². The van der Waals surface area contributed by atoms with Crippen molar-refractivity contribution in [3.63, 3.8) is 0 Å². The number of carbonyl (C=O) groups excluding carboxylic acids is 1. The molecule has 3 unspecified atom stereocenters. The molecule has 1 amide bonds. The number of benzene rings is 1. The Kier molecular flexibility index (Phi) is 4.55. The number of rotatable bonds is 4. The third kappa shape index (κ3) is 3.40.